The van der Waals surface area contributed by atoms with E-state index in [9.17, 15) is 4.79 Å². The maximum absolute atomic E-state index is 11.1. The Balaban J connectivity index is 2.25. The molecule has 0 aliphatic rings. The number of carbonyl (C=O) groups excluding carboxylic acids is 1. The Kier molecular flexibility index (Phi) is 3.64. The summed E-state index contributed by atoms with van der Waals surface area (Å²) in [6, 6.07) is 1.48. The molecule has 1 aromatic rings. The highest BCUT2D eigenvalue weighted by atomic mass is 16.2. The predicted octanol–water partition coefficient (Wildman–Crippen LogP) is -0.574. The van der Waals surface area contributed by atoms with Crippen molar-refractivity contribution in [2.24, 2.45) is 12.8 Å². The first-order valence-electron chi connectivity index (χ1n) is 4.61. The van der Waals surface area contributed by atoms with Gasteiger partial charge in [-0.2, -0.15) is 5.10 Å². The summed E-state index contributed by atoms with van der Waals surface area (Å²) in [5.74, 6) is -0.124. The van der Waals surface area contributed by atoms with Crippen molar-refractivity contribution in [3.8, 4) is 0 Å². The molecule has 5 nitrogen and oxygen atoms in total. The van der Waals surface area contributed by atoms with Gasteiger partial charge in [-0.1, -0.05) is 0 Å². The zero-order valence-corrected chi connectivity index (χ0v) is 8.53. The lowest BCUT2D eigenvalue weighted by atomic mass is 10.3. The van der Waals surface area contributed by atoms with Gasteiger partial charge in [0.25, 0.3) is 0 Å². The van der Waals surface area contributed by atoms with Gasteiger partial charge in [0.05, 0.1) is 11.7 Å². The SMILES string of the molecule is C[C@H](N)C(=O)NCCc1ccn(C)n1. The molecular formula is C9H16N4O. The van der Waals surface area contributed by atoms with Crippen LogP contribution < -0.4 is 11.1 Å². The number of carbonyl (C=O) groups is 1. The molecular weight excluding hydrogens is 180 g/mol. The van der Waals surface area contributed by atoms with Crippen LogP contribution in [0.4, 0.5) is 0 Å². The fraction of sp³-hybridized carbons (Fsp3) is 0.556. The third-order valence-corrected chi connectivity index (χ3v) is 1.86. The van der Waals surface area contributed by atoms with Crippen molar-refractivity contribution in [2.45, 2.75) is 19.4 Å². The first-order chi connectivity index (χ1) is 6.59. The Morgan fingerprint density at radius 2 is 2.50 bits per heavy atom. The lowest BCUT2D eigenvalue weighted by molar-refractivity contribution is -0.121. The lowest BCUT2D eigenvalue weighted by Crippen LogP contribution is -2.39. The van der Waals surface area contributed by atoms with Crippen LogP contribution in [0.3, 0.4) is 0 Å². The van der Waals surface area contributed by atoms with Gasteiger partial charge in [0.15, 0.2) is 0 Å². The van der Waals surface area contributed by atoms with E-state index < -0.39 is 6.04 Å². The van der Waals surface area contributed by atoms with Gasteiger partial charge in [-0.15, -0.1) is 0 Å². The number of nitrogens with one attached hydrogen (secondary N) is 1. The molecule has 0 fully saturated rings. The summed E-state index contributed by atoms with van der Waals surface area (Å²) >= 11 is 0. The van der Waals surface area contributed by atoms with Crippen molar-refractivity contribution < 1.29 is 4.79 Å². The molecule has 1 atom stereocenters. The van der Waals surface area contributed by atoms with Crippen LogP contribution in [-0.4, -0.2) is 28.3 Å². The van der Waals surface area contributed by atoms with Gasteiger partial charge in [-0.25, -0.2) is 0 Å². The standard InChI is InChI=1S/C9H16N4O/c1-7(10)9(14)11-5-3-8-4-6-13(2)12-8/h4,6-7H,3,5,10H2,1-2H3,(H,11,14)/t7-/m0/s1. The highest BCUT2D eigenvalue weighted by molar-refractivity contribution is 5.80. The van der Waals surface area contributed by atoms with E-state index in [0.29, 0.717) is 6.54 Å². The molecule has 0 aliphatic carbocycles. The minimum absolute atomic E-state index is 0.124. The van der Waals surface area contributed by atoms with Gasteiger partial charge in [0.2, 0.25) is 5.91 Å². The van der Waals surface area contributed by atoms with Crippen molar-refractivity contribution in [2.75, 3.05) is 6.54 Å². The minimum Gasteiger partial charge on any atom is -0.354 e. The monoisotopic (exact) mass is 196 g/mol. The summed E-state index contributed by atoms with van der Waals surface area (Å²) in [7, 11) is 1.87. The maximum atomic E-state index is 11.1. The molecule has 0 saturated carbocycles. The van der Waals surface area contributed by atoms with Crippen LogP contribution in [0.1, 0.15) is 12.6 Å². The van der Waals surface area contributed by atoms with Gasteiger partial charge in [-0.3, -0.25) is 9.48 Å². The van der Waals surface area contributed by atoms with Crippen molar-refractivity contribution in [1.29, 1.82) is 0 Å². The molecule has 1 rings (SSSR count). The summed E-state index contributed by atoms with van der Waals surface area (Å²) in [4.78, 5) is 11.1. The summed E-state index contributed by atoms with van der Waals surface area (Å²) in [5.41, 5.74) is 6.36. The van der Waals surface area contributed by atoms with Crippen molar-refractivity contribution in [3.05, 3.63) is 18.0 Å². The van der Waals surface area contributed by atoms with Crippen LogP contribution in [-0.2, 0) is 18.3 Å². The third-order valence-electron chi connectivity index (χ3n) is 1.86. The lowest BCUT2D eigenvalue weighted by Gasteiger charge is -2.05. The molecule has 5 heteroatoms. The number of nitrogens with zero attached hydrogens (tertiary/aromatic N) is 2. The third kappa shape index (κ3) is 3.18. The number of aromatic nitrogens is 2. The van der Waals surface area contributed by atoms with Gasteiger partial charge in [0, 0.05) is 26.2 Å². The first kappa shape index (κ1) is 10.7. The quantitative estimate of drug-likeness (QED) is 0.677. The zero-order valence-electron chi connectivity index (χ0n) is 8.53. The fourth-order valence-electron chi connectivity index (χ4n) is 1.07. The molecule has 14 heavy (non-hydrogen) atoms. The second kappa shape index (κ2) is 4.76. The number of rotatable bonds is 4. The second-order valence-corrected chi connectivity index (χ2v) is 3.31. The molecule has 0 aliphatic heterocycles. The molecule has 78 valence electrons. The first-order valence-corrected chi connectivity index (χ1v) is 4.61. The predicted molar refractivity (Wildman–Crippen MR) is 53.6 cm³/mol. The minimum atomic E-state index is -0.446. The Bertz CT molecular complexity index is 306. The molecule has 1 amide bonds. The fourth-order valence-corrected chi connectivity index (χ4v) is 1.07. The van der Waals surface area contributed by atoms with E-state index in [0.717, 1.165) is 12.1 Å². The number of hydrogen-bond acceptors (Lipinski definition) is 3. The van der Waals surface area contributed by atoms with Crippen LogP contribution in [0.25, 0.3) is 0 Å². The van der Waals surface area contributed by atoms with Gasteiger partial charge in [-0.05, 0) is 13.0 Å². The topological polar surface area (TPSA) is 72.9 Å². The number of nitrogens with two attached hydrogens (primary N) is 1. The average Bonchev–Trinajstić information content (AvgIpc) is 2.51. The molecule has 1 aromatic heterocycles. The van der Waals surface area contributed by atoms with Crippen molar-refractivity contribution in [1.82, 2.24) is 15.1 Å². The smallest absolute Gasteiger partial charge is 0.236 e. The van der Waals surface area contributed by atoms with Gasteiger partial charge in [0.1, 0.15) is 0 Å². The van der Waals surface area contributed by atoms with E-state index in [1.165, 1.54) is 0 Å². The van der Waals surface area contributed by atoms with E-state index in [-0.39, 0.29) is 5.91 Å². The van der Waals surface area contributed by atoms with E-state index in [1.54, 1.807) is 11.6 Å². The highest BCUT2D eigenvalue weighted by Gasteiger charge is 2.05. The maximum Gasteiger partial charge on any atom is 0.236 e. The Hall–Kier alpha value is -1.36. The molecule has 0 bridgehead atoms. The van der Waals surface area contributed by atoms with Gasteiger partial charge >= 0.3 is 0 Å². The molecule has 0 aromatic carbocycles. The molecule has 1 heterocycles. The highest BCUT2D eigenvalue weighted by Crippen LogP contribution is 1.93. The normalized spacial score (nSPS) is 12.5. The summed E-state index contributed by atoms with van der Waals surface area (Å²) in [6.45, 7) is 2.24. The Morgan fingerprint density at radius 1 is 1.79 bits per heavy atom. The number of amides is 1. The molecule has 0 unspecified atom stereocenters. The van der Waals surface area contributed by atoms with E-state index in [4.69, 9.17) is 5.73 Å². The van der Waals surface area contributed by atoms with E-state index >= 15 is 0 Å². The second-order valence-electron chi connectivity index (χ2n) is 3.31. The summed E-state index contributed by atoms with van der Waals surface area (Å²) in [5, 5.41) is 6.91. The van der Waals surface area contributed by atoms with Crippen LogP contribution in [0.15, 0.2) is 12.3 Å². The largest absolute Gasteiger partial charge is 0.354 e. The molecule has 0 radical (unpaired) electrons. The van der Waals surface area contributed by atoms with Crippen molar-refractivity contribution >= 4 is 5.91 Å². The number of hydrogen-bond donors (Lipinski definition) is 2. The van der Waals surface area contributed by atoms with Crippen LogP contribution in [0, 0.1) is 0 Å². The Morgan fingerprint density at radius 3 is 3.00 bits per heavy atom. The van der Waals surface area contributed by atoms with Crippen LogP contribution >= 0.6 is 0 Å². The van der Waals surface area contributed by atoms with Crippen LogP contribution in [0.5, 0.6) is 0 Å². The van der Waals surface area contributed by atoms with Crippen molar-refractivity contribution in [3.63, 3.8) is 0 Å². The Labute approximate surface area is 83.3 Å². The summed E-state index contributed by atoms with van der Waals surface area (Å²) < 4.78 is 1.74. The zero-order chi connectivity index (χ0) is 10.6. The molecule has 0 spiro atoms. The van der Waals surface area contributed by atoms with Crippen LogP contribution in [0.2, 0.25) is 0 Å². The molecule has 3 N–H and O–H groups in total. The average molecular weight is 196 g/mol. The van der Waals surface area contributed by atoms with E-state index in [1.807, 2.05) is 19.3 Å². The number of aryl methyl sites for hydroxylation is 1. The molecule has 0 saturated heterocycles. The van der Waals surface area contributed by atoms with E-state index in [2.05, 4.69) is 10.4 Å². The summed E-state index contributed by atoms with van der Waals surface area (Å²) in [6.07, 6.45) is 2.61. The van der Waals surface area contributed by atoms with Gasteiger partial charge < -0.3 is 11.1 Å².